The molecule has 7 aromatic rings. The van der Waals surface area contributed by atoms with Crippen LogP contribution in [0.1, 0.15) is 48.5 Å². The van der Waals surface area contributed by atoms with Crippen LogP contribution in [0.3, 0.4) is 0 Å². The molecule has 0 spiro atoms. The Balaban J connectivity index is 1.15. The van der Waals surface area contributed by atoms with Gasteiger partial charge in [0.15, 0.2) is 24.8 Å². The van der Waals surface area contributed by atoms with E-state index in [9.17, 15) is 9.59 Å². The molecule has 14 heteroatoms. The van der Waals surface area contributed by atoms with Crippen LogP contribution >= 0.6 is 0 Å². The maximum Gasteiger partial charge on any atom is 0.338 e. The number of rotatable bonds is 27. The highest BCUT2D eigenvalue weighted by molar-refractivity contribution is 6.76. The van der Waals surface area contributed by atoms with E-state index in [-0.39, 0.29) is 64.0 Å². The molecule has 0 N–H and O–H groups in total. The molecule has 0 radical (unpaired) electrons. The SMILES string of the molecule is C[Si](C)(C)CCO[C@@H]1O[C@H](COCc2ccccc2)[C@H](O[C@H]2O[C@H](COCc3ccccc3)[C@H](OCc3ccccc3)[C@H](OCc3ccccc3)[C@H]2OCc2ccccc2)[C@H](OC(=O)c2ccccc2)[C@H]1OC(=O)c1ccccc1. The van der Waals surface area contributed by atoms with Crippen molar-refractivity contribution in [3.05, 3.63) is 251 Å². The third-order valence-corrected chi connectivity index (χ3v) is 15.5. The molecular formula is C66H72O13Si. The first-order valence-corrected chi connectivity index (χ1v) is 31.1. The first-order valence-electron chi connectivity index (χ1n) is 27.4. The van der Waals surface area contributed by atoms with Gasteiger partial charge in [0.1, 0.15) is 36.6 Å². The fourth-order valence-electron chi connectivity index (χ4n) is 9.46. The highest BCUT2D eigenvalue weighted by Crippen LogP contribution is 2.37. The second-order valence-corrected chi connectivity index (χ2v) is 26.7. The van der Waals surface area contributed by atoms with Gasteiger partial charge in [-0.3, -0.25) is 0 Å². The number of benzene rings is 7. The van der Waals surface area contributed by atoms with Gasteiger partial charge in [0.2, 0.25) is 0 Å². The molecule has 7 aromatic carbocycles. The standard InChI is InChI=1S/C66H72O13Si/c1-80(2,3)40-39-71-65-62(78-64(68)54-37-23-10-24-38-54)60(77-63(67)53-35-21-9-22-36-53)58(56(75-65)47-70-42-49-27-13-5-14-28-49)79-66-61(74-45-52-33-19-8-20-34-52)59(73-44-51-31-17-7-18-32-51)57(72-43-50-29-15-6-16-30-50)55(76-66)46-69-41-48-25-11-4-12-26-48/h4-38,55-62,65-66H,39-47H2,1-3H3/t55-,56-,57+,58+,59+,60+,61-,62-,65-,66-/m1/s1. The average Bonchev–Trinajstić information content (AvgIpc) is 3.50. The minimum Gasteiger partial charge on any atom is -0.452 e. The zero-order valence-electron chi connectivity index (χ0n) is 45.7. The highest BCUT2D eigenvalue weighted by atomic mass is 28.3. The highest BCUT2D eigenvalue weighted by Gasteiger charge is 2.56. The number of esters is 2. The molecule has 0 aromatic heterocycles. The lowest BCUT2D eigenvalue weighted by Crippen LogP contribution is -2.67. The largest absolute Gasteiger partial charge is 0.452 e. The van der Waals surface area contributed by atoms with Crippen molar-refractivity contribution in [2.24, 2.45) is 0 Å². The van der Waals surface area contributed by atoms with E-state index in [1.54, 1.807) is 48.5 Å². The molecule has 80 heavy (non-hydrogen) atoms. The molecule has 0 saturated carbocycles. The number of hydrogen-bond acceptors (Lipinski definition) is 13. The van der Waals surface area contributed by atoms with E-state index in [1.165, 1.54) is 0 Å². The van der Waals surface area contributed by atoms with Gasteiger partial charge in [-0.2, -0.15) is 0 Å². The molecule has 2 fully saturated rings. The quantitative estimate of drug-likeness (QED) is 0.0357. The Kier molecular flexibility index (Phi) is 21.5. The lowest BCUT2D eigenvalue weighted by Gasteiger charge is -2.49. The molecule has 0 unspecified atom stereocenters. The summed E-state index contributed by atoms with van der Waals surface area (Å²) in [4.78, 5) is 29.1. The van der Waals surface area contributed by atoms with Gasteiger partial charge in [-0.15, -0.1) is 0 Å². The molecule has 0 bridgehead atoms. The zero-order valence-corrected chi connectivity index (χ0v) is 46.7. The predicted molar refractivity (Wildman–Crippen MR) is 305 cm³/mol. The third-order valence-electron chi connectivity index (χ3n) is 13.8. The van der Waals surface area contributed by atoms with Crippen LogP contribution in [-0.2, 0) is 85.1 Å². The molecular weight excluding hydrogens is 1030 g/mol. The van der Waals surface area contributed by atoms with Gasteiger partial charge in [0.25, 0.3) is 0 Å². The summed E-state index contributed by atoms with van der Waals surface area (Å²) in [5.74, 6) is -1.37. The summed E-state index contributed by atoms with van der Waals surface area (Å²) >= 11 is 0. The molecule has 2 saturated heterocycles. The molecule has 0 aliphatic carbocycles. The van der Waals surface area contributed by atoms with Crippen LogP contribution in [0, 0.1) is 0 Å². The van der Waals surface area contributed by atoms with E-state index >= 15 is 0 Å². The Morgan fingerprint density at radius 2 is 0.725 bits per heavy atom. The molecule has 9 rings (SSSR count). The van der Waals surface area contributed by atoms with E-state index in [1.807, 2.05) is 164 Å². The van der Waals surface area contributed by atoms with Crippen molar-refractivity contribution in [1.82, 2.24) is 0 Å². The number of carbonyl (C=O) groups excluding carboxylic acids is 2. The van der Waals surface area contributed by atoms with Crippen LogP contribution < -0.4 is 0 Å². The van der Waals surface area contributed by atoms with Crippen molar-refractivity contribution in [1.29, 1.82) is 0 Å². The van der Waals surface area contributed by atoms with Crippen molar-refractivity contribution in [2.75, 3.05) is 19.8 Å². The van der Waals surface area contributed by atoms with Crippen molar-refractivity contribution in [3.8, 4) is 0 Å². The smallest absolute Gasteiger partial charge is 0.338 e. The zero-order chi connectivity index (χ0) is 55.4. The van der Waals surface area contributed by atoms with Crippen LogP contribution in [0.15, 0.2) is 212 Å². The maximum atomic E-state index is 14.7. The minimum absolute atomic E-state index is 0.0480. The second kappa shape index (κ2) is 29.7. The van der Waals surface area contributed by atoms with Gasteiger partial charge in [-0.05, 0) is 58.1 Å². The van der Waals surface area contributed by atoms with E-state index in [0.717, 1.165) is 33.9 Å². The van der Waals surface area contributed by atoms with Crippen molar-refractivity contribution >= 4 is 20.0 Å². The van der Waals surface area contributed by atoms with Gasteiger partial charge < -0.3 is 52.1 Å². The van der Waals surface area contributed by atoms with Crippen LogP contribution in [0.25, 0.3) is 0 Å². The van der Waals surface area contributed by atoms with Gasteiger partial charge in [0.05, 0.1) is 57.4 Å². The molecule has 10 atom stereocenters. The lowest BCUT2D eigenvalue weighted by molar-refractivity contribution is -0.369. The van der Waals surface area contributed by atoms with Crippen LogP contribution in [0.5, 0.6) is 0 Å². The fraction of sp³-hybridized carbons (Fsp3) is 0.333. The molecule has 2 aliphatic rings. The fourth-order valence-corrected chi connectivity index (χ4v) is 10.2. The number of carbonyl (C=O) groups is 2. The predicted octanol–water partition coefficient (Wildman–Crippen LogP) is 11.8. The topological polar surface area (TPSA) is 136 Å². The normalized spacial score (nSPS) is 23.0. The van der Waals surface area contributed by atoms with E-state index in [2.05, 4.69) is 19.6 Å². The van der Waals surface area contributed by atoms with Crippen LogP contribution in [0.2, 0.25) is 25.7 Å². The summed E-state index contributed by atoms with van der Waals surface area (Å²) in [5.41, 5.74) is 5.18. The minimum atomic E-state index is -1.68. The monoisotopic (exact) mass is 1100 g/mol. The maximum absolute atomic E-state index is 14.7. The molecule has 2 heterocycles. The molecule has 0 amide bonds. The van der Waals surface area contributed by atoms with Crippen molar-refractivity contribution in [3.63, 3.8) is 0 Å². The van der Waals surface area contributed by atoms with Crippen molar-refractivity contribution < 1.29 is 61.7 Å². The number of hydrogen-bond donors (Lipinski definition) is 0. The third kappa shape index (κ3) is 17.2. The Morgan fingerprint density at radius 1 is 0.375 bits per heavy atom. The van der Waals surface area contributed by atoms with E-state index in [4.69, 9.17) is 52.1 Å². The first kappa shape index (κ1) is 58.0. The summed E-state index contributed by atoms with van der Waals surface area (Å²) in [6.07, 6.45) is -11.2. The van der Waals surface area contributed by atoms with Crippen LogP contribution in [-0.4, -0.2) is 101 Å². The van der Waals surface area contributed by atoms with Gasteiger partial charge in [-0.25, -0.2) is 9.59 Å². The Bertz CT molecular complexity index is 2880. The summed E-state index contributed by atoms with van der Waals surface area (Å²) in [6, 6.07) is 67.2. The van der Waals surface area contributed by atoms with E-state index in [0.29, 0.717) is 0 Å². The summed E-state index contributed by atoms with van der Waals surface area (Å²) in [6.45, 7) is 8.01. The van der Waals surface area contributed by atoms with Gasteiger partial charge in [-0.1, -0.05) is 208 Å². The lowest BCUT2D eigenvalue weighted by atomic mass is 9.95. The first-order chi connectivity index (χ1) is 39.1. The summed E-state index contributed by atoms with van der Waals surface area (Å²) in [5, 5.41) is 0. The Morgan fingerprint density at radius 3 is 1.15 bits per heavy atom. The number of ether oxygens (including phenoxy) is 11. The summed E-state index contributed by atoms with van der Waals surface area (Å²) in [7, 11) is -1.68. The average molecular weight is 1100 g/mol. The Hall–Kier alpha value is -6.66. The second-order valence-electron chi connectivity index (χ2n) is 21.1. The Labute approximate surface area is 470 Å². The molecule has 2 aliphatic heterocycles. The van der Waals surface area contributed by atoms with Crippen LogP contribution in [0.4, 0.5) is 0 Å². The van der Waals surface area contributed by atoms with E-state index < -0.39 is 81.4 Å². The van der Waals surface area contributed by atoms with Crippen molar-refractivity contribution in [2.45, 2.75) is 120 Å². The molecule has 13 nitrogen and oxygen atoms in total. The summed E-state index contributed by atoms with van der Waals surface area (Å²) < 4.78 is 75.7. The van der Waals surface area contributed by atoms with Gasteiger partial charge in [0, 0.05) is 14.7 Å². The van der Waals surface area contributed by atoms with Gasteiger partial charge >= 0.3 is 11.9 Å². The molecule has 418 valence electrons.